The number of hydrogen-bond acceptors (Lipinski definition) is 2. The van der Waals surface area contributed by atoms with E-state index in [0.717, 1.165) is 18.2 Å². The summed E-state index contributed by atoms with van der Waals surface area (Å²) in [5.74, 6) is 0.804. The van der Waals surface area contributed by atoms with Crippen molar-refractivity contribution in [1.29, 1.82) is 0 Å². The van der Waals surface area contributed by atoms with Gasteiger partial charge in [0.1, 0.15) is 0 Å². The van der Waals surface area contributed by atoms with Crippen molar-refractivity contribution in [1.82, 2.24) is 4.90 Å². The maximum absolute atomic E-state index is 6.01. The molecule has 1 aromatic rings. The topological polar surface area (TPSA) is 29.3 Å². The first-order valence-corrected chi connectivity index (χ1v) is 6.93. The largest absolute Gasteiger partial charge is 0.399 e. The molecule has 1 aliphatic carbocycles. The zero-order valence-corrected chi connectivity index (χ0v) is 10.5. The van der Waals surface area contributed by atoms with E-state index in [9.17, 15) is 0 Å². The van der Waals surface area contributed by atoms with Crippen LogP contribution in [0, 0.1) is 0 Å². The second kappa shape index (κ2) is 4.69. The van der Waals surface area contributed by atoms with Crippen molar-refractivity contribution in [3.05, 3.63) is 29.3 Å². The standard InChI is InChI=1S/C15H22N2/c16-15-9-12(8-14(10-15)13-4-5-13)11-17-6-2-1-3-7-17/h8-10,13H,1-7,11,16H2. The van der Waals surface area contributed by atoms with Gasteiger partial charge in [-0.05, 0) is 68.0 Å². The third-order valence-electron chi connectivity index (χ3n) is 3.94. The van der Waals surface area contributed by atoms with E-state index in [-0.39, 0.29) is 0 Å². The highest BCUT2D eigenvalue weighted by Gasteiger charge is 2.24. The number of hydrogen-bond donors (Lipinski definition) is 1. The van der Waals surface area contributed by atoms with Crippen LogP contribution in [0.5, 0.6) is 0 Å². The summed E-state index contributed by atoms with van der Waals surface area (Å²) in [7, 11) is 0. The average Bonchev–Trinajstić information content (AvgIpc) is 3.13. The Bertz CT molecular complexity index is 390. The molecule has 3 rings (SSSR count). The SMILES string of the molecule is Nc1cc(CN2CCCCC2)cc(C2CC2)c1. The quantitative estimate of drug-likeness (QED) is 0.808. The summed E-state index contributed by atoms with van der Waals surface area (Å²) in [6.07, 6.45) is 6.83. The maximum Gasteiger partial charge on any atom is 0.0320 e. The van der Waals surface area contributed by atoms with Crippen molar-refractivity contribution in [2.24, 2.45) is 0 Å². The van der Waals surface area contributed by atoms with Gasteiger partial charge in [0.05, 0.1) is 0 Å². The monoisotopic (exact) mass is 230 g/mol. The van der Waals surface area contributed by atoms with Gasteiger partial charge < -0.3 is 5.73 Å². The van der Waals surface area contributed by atoms with Gasteiger partial charge in [-0.15, -0.1) is 0 Å². The highest BCUT2D eigenvalue weighted by molar-refractivity contribution is 5.46. The predicted molar refractivity (Wildman–Crippen MR) is 72.0 cm³/mol. The van der Waals surface area contributed by atoms with Gasteiger partial charge in [-0.25, -0.2) is 0 Å². The first-order valence-electron chi connectivity index (χ1n) is 6.93. The molecule has 1 aliphatic heterocycles. The van der Waals surface area contributed by atoms with Crippen molar-refractivity contribution in [3.8, 4) is 0 Å². The molecule has 2 N–H and O–H groups in total. The molecule has 1 heterocycles. The van der Waals surface area contributed by atoms with E-state index >= 15 is 0 Å². The number of nitrogens with zero attached hydrogens (tertiary/aromatic N) is 1. The number of piperidine rings is 1. The van der Waals surface area contributed by atoms with Crippen molar-refractivity contribution in [2.75, 3.05) is 18.8 Å². The van der Waals surface area contributed by atoms with Crippen LogP contribution >= 0.6 is 0 Å². The average molecular weight is 230 g/mol. The molecule has 92 valence electrons. The van der Waals surface area contributed by atoms with E-state index < -0.39 is 0 Å². The molecule has 0 radical (unpaired) electrons. The fourth-order valence-electron chi connectivity index (χ4n) is 2.86. The highest BCUT2D eigenvalue weighted by atomic mass is 15.1. The second-order valence-corrected chi connectivity index (χ2v) is 5.62. The molecule has 2 heteroatoms. The number of rotatable bonds is 3. The van der Waals surface area contributed by atoms with Gasteiger partial charge in [0.2, 0.25) is 0 Å². The lowest BCUT2D eigenvalue weighted by molar-refractivity contribution is 0.221. The van der Waals surface area contributed by atoms with Crippen LogP contribution in [0.15, 0.2) is 18.2 Å². The third kappa shape index (κ3) is 2.81. The molecule has 0 aromatic heterocycles. The van der Waals surface area contributed by atoms with Gasteiger partial charge in [0.25, 0.3) is 0 Å². The lowest BCUT2D eigenvalue weighted by atomic mass is 10.0. The summed E-state index contributed by atoms with van der Waals surface area (Å²) in [5, 5.41) is 0. The van der Waals surface area contributed by atoms with Crippen LogP contribution in [0.1, 0.15) is 49.1 Å². The molecule has 0 spiro atoms. The Kier molecular flexibility index (Phi) is 3.06. The lowest BCUT2D eigenvalue weighted by Gasteiger charge is -2.26. The zero-order chi connectivity index (χ0) is 11.7. The predicted octanol–water partition coefficient (Wildman–Crippen LogP) is 3.13. The highest BCUT2D eigenvalue weighted by Crippen LogP contribution is 2.41. The van der Waals surface area contributed by atoms with E-state index in [1.807, 2.05) is 0 Å². The molecule has 0 atom stereocenters. The van der Waals surface area contributed by atoms with E-state index in [4.69, 9.17) is 5.73 Å². The van der Waals surface area contributed by atoms with Gasteiger partial charge in [-0.2, -0.15) is 0 Å². The van der Waals surface area contributed by atoms with Crippen molar-refractivity contribution >= 4 is 5.69 Å². The van der Waals surface area contributed by atoms with Gasteiger partial charge in [-0.1, -0.05) is 12.5 Å². The molecule has 0 unspecified atom stereocenters. The van der Waals surface area contributed by atoms with Crippen LogP contribution in [-0.2, 0) is 6.54 Å². The molecule has 17 heavy (non-hydrogen) atoms. The smallest absolute Gasteiger partial charge is 0.0320 e. The molecule has 2 fully saturated rings. The number of nitrogens with two attached hydrogens (primary N) is 1. The number of anilines is 1. The van der Waals surface area contributed by atoms with Crippen LogP contribution < -0.4 is 5.73 Å². The van der Waals surface area contributed by atoms with E-state index in [1.54, 1.807) is 0 Å². The van der Waals surface area contributed by atoms with Gasteiger partial charge in [0, 0.05) is 12.2 Å². The molecule has 1 saturated carbocycles. The van der Waals surface area contributed by atoms with E-state index in [2.05, 4.69) is 23.1 Å². The Morgan fingerprint density at radius 1 is 1.06 bits per heavy atom. The molecular formula is C15H22N2. The van der Waals surface area contributed by atoms with Crippen LogP contribution in [0.2, 0.25) is 0 Å². The van der Waals surface area contributed by atoms with E-state index in [0.29, 0.717) is 0 Å². The van der Waals surface area contributed by atoms with Crippen LogP contribution in [0.3, 0.4) is 0 Å². The Morgan fingerprint density at radius 2 is 1.82 bits per heavy atom. The number of nitrogen functional groups attached to an aromatic ring is 1. The van der Waals surface area contributed by atoms with Gasteiger partial charge in [-0.3, -0.25) is 4.90 Å². The summed E-state index contributed by atoms with van der Waals surface area (Å²) < 4.78 is 0. The van der Waals surface area contributed by atoms with E-state index in [1.165, 1.54) is 56.3 Å². The molecule has 1 aromatic carbocycles. The van der Waals surface area contributed by atoms with Crippen LogP contribution in [-0.4, -0.2) is 18.0 Å². The lowest BCUT2D eigenvalue weighted by Crippen LogP contribution is -2.29. The molecule has 0 bridgehead atoms. The number of benzene rings is 1. The van der Waals surface area contributed by atoms with Gasteiger partial charge in [0.15, 0.2) is 0 Å². The first kappa shape index (κ1) is 11.1. The molecule has 2 aliphatic rings. The van der Waals surface area contributed by atoms with Crippen molar-refractivity contribution < 1.29 is 0 Å². The summed E-state index contributed by atoms with van der Waals surface area (Å²) in [4.78, 5) is 2.56. The summed E-state index contributed by atoms with van der Waals surface area (Å²) >= 11 is 0. The molecule has 2 nitrogen and oxygen atoms in total. The van der Waals surface area contributed by atoms with Gasteiger partial charge >= 0.3 is 0 Å². The van der Waals surface area contributed by atoms with Crippen LogP contribution in [0.25, 0.3) is 0 Å². The number of likely N-dealkylation sites (tertiary alicyclic amines) is 1. The fourth-order valence-corrected chi connectivity index (χ4v) is 2.86. The minimum atomic E-state index is 0.804. The molecule has 0 amide bonds. The summed E-state index contributed by atoms with van der Waals surface area (Å²) in [6.45, 7) is 3.60. The normalized spacial score (nSPS) is 21.6. The third-order valence-corrected chi connectivity index (χ3v) is 3.94. The Hall–Kier alpha value is -1.02. The van der Waals surface area contributed by atoms with Crippen molar-refractivity contribution in [2.45, 2.75) is 44.6 Å². The Balaban J connectivity index is 1.72. The first-order chi connectivity index (χ1) is 8.31. The zero-order valence-electron chi connectivity index (χ0n) is 10.5. The molecule has 1 saturated heterocycles. The fraction of sp³-hybridized carbons (Fsp3) is 0.600. The minimum Gasteiger partial charge on any atom is -0.399 e. The van der Waals surface area contributed by atoms with Crippen molar-refractivity contribution in [3.63, 3.8) is 0 Å². The maximum atomic E-state index is 6.01. The molecular weight excluding hydrogens is 208 g/mol. The Morgan fingerprint density at radius 3 is 2.53 bits per heavy atom. The second-order valence-electron chi connectivity index (χ2n) is 5.62. The summed E-state index contributed by atoms with van der Waals surface area (Å²) in [5.41, 5.74) is 9.84. The summed E-state index contributed by atoms with van der Waals surface area (Å²) in [6, 6.07) is 6.69. The minimum absolute atomic E-state index is 0.804. The van der Waals surface area contributed by atoms with Crippen LogP contribution in [0.4, 0.5) is 5.69 Å². The Labute approximate surface area is 104 Å².